The zero-order chi connectivity index (χ0) is 23.4. The van der Waals surface area contributed by atoms with E-state index in [4.69, 9.17) is 4.74 Å². The summed E-state index contributed by atoms with van der Waals surface area (Å²) in [6.45, 7) is 1.91. The Hall–Kier alpha value is -4.18. The monoisotopic (exact) mass is 463 g/mol. The molecule has 0 saturated carbocycles. The van der Waals surface area contributed by atoms with Gasteiger partial charge in [0.1, 0.15) is 22.8 Å². The van der Waals surface area contributed by atoms with Gasteiger partial charge in [0.25, 0.3) is 15.9 Å². The summed E-state index contributed by atoms with van der Waals surface area (Å²) in [5.41, 5.74) is 2.02. The van der Waals surface area contributed by atoms with Crippen molar-refractivity contribution in [3.8, 4) is 11.6 Å². The fourth-order valence-electron chi connectivity index (χ4n) is 3.07. The summed E-state index contributed by atoms with van der Waals surface area (Å²) in [4.78, 5) is 20.9. The molecule has 4 aromatic rings. The van der Waals surface area contributed by atoms with E-state index in [0.717, 1.165) is 5.56 Å². The molecule has 33 heavy (non-hydrogen) atoms. The van der Waals surface area contributed by atoms with Crippen molar-refractivity contribution in [2.75, 3.05) is 17.1 Å². The Morgan fingerprint density at radius 1 is 1.03 bits per heavy atom. The van der Waals surface area contributed by atoms with Gasteiger partial charge in [0.15, 0.2) is 0 Å². The minimum absolute atomic E-state index is 0.123. The Balaban J connectivity index is 1.56. The number of hydrogen-bond acceptors (Lipinski definition) is 6. The van der Waals surface area contributed by atoms with Crippen LogP contribution >= 0.6 is 0 Å². The predicted molar refractivity (Wildman–Crippen MR) is 124 cm³/mol. The fourth-order valence-corrected chi connectivity index (χ4v) is 4.33. The average Bonchev–Trinajstić information content (AvgIpc) is 3.35. The number of ether oxygens (including phenoxy) is 1. The van der Waals surface area contributed by atoms with Crippen LogP contribution in [0, 0.1) is 6.92 Å². The highest BCUT2D eigenvalue weighted by Gasteiger charge is 2.22. The number of carbonyl (C=O) groups is 1. The number of carbonyl (C=O) groups excluding carboxylic acids is 1. The summed E-state index contributed by atoms with van der Waals surface area (Å²) in [5.74, 6) is 0.282. The Bertz CT molecular complexity index is 1370. The summed E-state index contributed by atoms with van der Waals surface area (Å²) in [6.07, 6.45) is 6.52. The normalized spacial score (nSPS) is 11.1. The lowest BCUT2D eigenvalue weighted by molar-refractivity contribution is 0.102. The number of aryl methyl sites for hydroxylation is 1. The van der Waals surface area contributed by atoms with Crippen molar-refractivity contribution in [3.05, 3.63) is 90.6 Å². The first kappa shape index (κ1) is 22.0. The second-order valence-corrected chi connectivity index (χ2v) is 8.82. The third-order valence-corrected chi connectivity index (χ3v) is 6.20. The fraction of sp³-hybridized carbons (Fsp3) is 0.0870. The highest BCUT2D eigenvalue weighted by molar-refractivity contribution is 7.92. The number of pyridine rings is 1. The number of amides is 1. The van der Waals surface area contributed by atoms with Gasteiger partial charge in [-0.25, -0.2) is 18.4 Å². The molecule has 0 aliphatic heterocycles. The number of rotatable bonds is 7. The number of aromatic nitrogens is 3. The number of nitrogens with zero attached hydrogens (tertiary/aromatic N) is 3. The van der Waals surface area contributed by atoms with E-state index in [-0.39, 0.29) is 16.2 Å². The van der Waals surface area contributed by atoms with E-state index in [1.165, 1.54) is 31.5 Å². The van der Waals surface area contributed by atoms with E-state index in [1.54, 1.807) is 59.7 Å². The van der Waals surface area contributed by atoms with Gasteiger partial charge in [0, 0.05) is 23.6 Å². The molecule has 0 spiro atoms. The smallest absolute Gasteiger partial charge is 0.265 e. The van der Waals surface area contributed by atoms with Crippen LogP contribution in [0.3, 0.4) is 0 Å². The molecule has 2 N–H and O–H groups in total. The molecule has 0 aliphatic carbocycles. The summed E-state index contributed by atoms with van der Waals surface area (Å²) >= 11 is 0. The van der Waals surface area contributed by atoms with Crippen LogP contribution in [0.25, 0.3) is 5.82 Å². The largest absolute Gasteiger partial charge is 0.495 e. The number of imidazole rings is 1. The summed E-state index contributed by atoms with van der Waals surface area (Å²) in [7, 11) is -2.64. The molecule has 0 aliphatic rings. The summed E-state index contributed by atoms with van der Waals surface area (Å²) in [5, 5.41) is 2.72. The first-order valence-corrected chi connectivity index (χ1v) is 11.4. The molecule has 0 unspecified atom stereocenters. The van der Waals surface area contributed by atoms with Gasteiger partial charge in [0.2, 0.25) is 0 Å². The lowest BCUT2D eigenvalue weighted by Crippen LogP contribution is -2.17. The Morgan fingerprint density at radius 3 is 2.42 bits per heavy atom. The van der Waals surface area contributed by atoms with Crippen LogP contribution in [0.4, 0.5) is 11.4 Å². The average molecular weight is 464 g/mol. The zero-order valence-electron chi connectivity index (χ0n) is 17.9. The zero-order valence-corrected chi connectivity index (χ0v) is 18.7. The number of sulfonamides is 1. The van der Waals surface area contributed by atoms with Crippen molar-refractivity contribution in [1.82, 2.24) is 14.5 Å². The van der Waals surface area contributed by atoms with Crippen LogP contribution in [0.2, 0.25) is 0 Å². The maximum atomic E-state index is 13.0. The molecule has 0 radical (unpaired) electrons. The molecule has 1 amide bonds. The molecule has 0 atom stereocenters. The number of anilines is 2. The topological polar surface area (TPSA) is 115 Å². The van der Waals surface area contributed by atoms with Crippen LogP contribution in [0.15, 0.2) is 84.4 Å². The van der Waals surface area contributed by atoms with E-state index in [0.29, 0.717) is 17.2 Å². The van der Waals surface area contributed by atoms with Crippen molar-refractivity contribution in [2.45, 2.75) is 11.8 Å². The van der Waals surface area contributed by atoms with Gasteiger partial charge in [-0.3, -0.25) is 14.1 Å². The van der Waals surface area contributed by atoms with Crippen LogP contribution in [-0.4, -0.2) is 36.0 Å². The van der Waals surface area contributed by atoms with Crippen molar-refractivity contribution in [2.24, 2.45) is 0 Å². The Morgan fingerprint density at radius 2 is 1.79 bits per heavy atom. The third-order valence-electron chi connectivity index (χ3n) is 4.79. The SMILES string of the molecule is COc1ccc(C(=O)Nc2ccc(-n3ccnc3)nc2)cc1S(=O)(=O)Nc1ccc(C)cc1. The minimum atomic E-state index is -4.00. The maximum Gasteiger partial charge on any atom is 0.265 e. The number of nitrogens with one attached hydrogen (secondary N) is 2. The van der Waals surface area contributed by atoms with Gasteiger partial charge in [-0.05, 0) is 49.4 Å². The Kier molecular flexibility index (Phi) is 6.09. The number of methoxy groups -OCH3 is 1. The molecule has 168 valence electrons. The molecular formula is C23H21N5O4S. The Labute approximate surface area is 191 Å². The van der Waals surface area contributed by atoms with E-state index in [1.807, 2.05) is 6.92 Å². The van der Waals surface area contributed by atoms with Gasteiger partial charge in [0.05, 0.1) is 19.0 Å². The van der Waals surface area contributed by atoms with Gasteiger partial charge in [-0.1, -0.05) is 17.7 Å². The van der Waals surface area contributed by atoms with E-state index < -0.39 is 15.9 Å². The molecule has 2 aromatic heterocycles. The molecule has 9 nitrogen and oxygen atoms in total. The van der Waals surface area contributed by atoms with Gasteiger partial charge < -0.3 is 10.1 Å². The molecule has 2 heterocycles. The number of hydrogen-bond donors (Lipinski definition) is 2. The molecule has 0 fully saturated rings. The van der Waals surface area contributed by atoms with Crippen molar-refractivity contribution < 1.29 is 17.9 Å². The van der Waals surface area contributed by atoms with E-state index >= 15 is 0 Å². The summed E-state index contributed by atoms with van der Waals surface area (Å²) < 4.78 is 35.5. The second kappa shape index (κ2) is 9.13. The van der Waals surface area contributed by atoms with Gasteiger partial charge in [-0.2, -0.15) is 0 Å². The van der Waals surface area contributed by atoms with Crippen LogP contribution in [-0.2, 0) is 10.0 Å². The molecule has 0 bridgehead atoms. The van der Waals surface area contributed by atoms with Crippen LogP contribution < -0.4 is 14.8 Å². The van der Waals surface area contributed by atoms with Crippen LogP contribution in [0.5, 0.6) is 5.75 Å². The highest BCUT2D eigenvalue weighted by Crippen LogP contribution is 2.27. The van der Waals surface area contributed by atoms with E-state index in [9.17, 15) is 13.2 Å². The number of benzene rings is 2. The van der Waals surface area contributed by atoms with Gasteiger partial charge >= 0.3 is 0 Å². The van der Waals surface area contributed by atoms with E-state index in [2.05, 4.69) is 20.0 Å². The first-order chi connectivity index (χ1) is 15.9. The second-order valence-electron chi connectivity index (χ2n) is 7.17. The van der Waals surface area contributed by atoms with Gasteiger partial charge in [-0.15, -0.1) is 0 Å². The summed E-state index contributed by atoms with van der Waals surface area (Å²) in [6, 6.07) is 14.6. The van der Waals surface area contributed by atoms with Crippen molar-refractivity contribution >= 4 is 27.3 Å². The van der Waals surface area contributed by atoms with Crippen molar-refractivity contribution in [1.29, 1.82) is 0 Å². The molecular weight excluding hydrogens is 442 g/mol. The van der Waals surface area contributed by atoms with Crippen LogP contribution in [0.1, 0.15) is 15.9 Å². The molecule has 4 rings (SSSR count). The molecule has 0 saturated heterocycles. The predicted octanol–water partition coefficient (Wildman–Crippen LogP) is 3.64. The maximum absolute atomic E-state index is 13.0. The van der Waals surface area contributed by atoms with Crippen molar-refractivity contribution in [3.63, 3.8) is 0 Å². The highest BCUT2D eigenvalue weighted by atomic mass is 32.2. The molecule has 2 aromatic carbocycles. The molecule has 10 heteroatoms. The lowest BCUT2D eigenvalue weighted by atomic mass is 10.2. The standard InChI is InChI=1S/C23H21N5O4S/c1-16-3-6-18(7-4-16)27-33(30,31)21-13-17(5-9-20(21)32-2)23(29)26-19-8-10-22(25-14-19)28-12-11-24-15-28/h3-15,27H,1-2H3,(H,26,29). The third kappa shape index (κ3) is 5.01. The first-order valence-electron chi connectivity index (χ1n) is 9.89. The minimum Gasteiger partial charge on any atom is -0.495 e. The lowest BCUT2D eigenvalue weighted by Gasteiger charge is -2.13. The quantitative estimate of drug-likeness (QED) is 0.432.